The van der Waals surface area contributed by atoms with Gasteiger partial charge < -0.3 is 9.84 Å². The van der Waals surface area contributed by atoms with Gasteiger partial charge in [-0.1, -0.05) is 36.8 Å². The van der Waals surface area contributed by atoms with Crippen LogP contribution in [0.2, 0.25) is 0 Å². The number of ether oxygens (including phenoxy) is 1. The number of methoxy groups -OCH3 is 1. The number of amides is 4. The van der Waals surface area contributed by atoms with Gasteiger partial charge in [0.1, 0.15) is 11.5 Å². The zero-order chi connectivity index (χ0) is 27.6. The van der Waals surface area contributed by atoms with Crippen molar-refractivity contribution in [2.45, 2.75) is 39.0 Å². The van der Waals surface area contributed by atoms with E-state index in [1.807, 2.05) is 19.1 Å². The summed E-state index contributed by atoms with van der Waals surface area (Å²) in [6, 6.07) is 13.7. The largest absolute Gasteiger partial charge is 0.508 e. The van der Waals surface area contributed by atoms with Gasteiger partial charge in [0.25, 0.3) is 0 Å². The molecule has 202 valence electrons. The molecule has 0 spiro atoms. The van der Waals surface area contributed by atoms with Crippen LogP contribution in [0.4, 0.5) is 5.69 Å². The average Bonchev–Trinajstić information content (AvgIpc) is 3.30. The number of anilines is 1. The molecule has 1 N–H and O–H groups in total. The average molecular weight is 529 g/mol. The Morgan fingerprint density at radius 1 is 1.00 bits per heavy atom. The summed E-state index contributed by atoms with van der Waals surface area (Å²) in [5, 5.41) is 11.1. The van der Waals surface area contributed by atoms with Crippen molar-refractivity contribution in [3.63, 3.8) is 0 Å². The minimum Gasteiger partial charge on any atom is -0.508 e. The maximum atomic E-state index is 14.3. The maximum Gasteiger partial charge on any atom is 0.241 e. The second kappa shape index (κ2) is 9.07. The lowest BCUT2D eigenvalue weighted by atomic mass is 9.51. The molecule has 2 saturated heterocycles. The van der Waals surface area contributed by atoms with E-state index in [9.17, 15) is 24.3 Å². The fraction of sp³-hybridized carbons (Fsp3) is 0.419. The first-order chi connectivity index (χ1) is 18.7. The van der Waals surface area contributed by atoms with Gasteiger partial charge in [0.2, 0.25) is 23.6 Å². The predicted octanol–water partition coefficient (Wildman–Crippen LogP) is 4.04. The number of aromatic hydroxyl groups is 1. The van der Waals surface area contributed by atoms with Gasteiger partial charge in [-0.3, -0.25) is 24.1 Å². The molecule has 2 aromatic rings. The van der Waals surface area contributed by atoms with E-state index in [0.29, 0.717) is 36.4 Å². The van der Waals surface area contributed by atoms with Gasteiger partial charge >= 0.3 is 0 Å². The van der Waals surface area contributed by atoms with Crippen LogP contribution in [0.5, 0.6) is 11.5 Å². The minimum atomic E-state index is -1.21. The SMILES string of the molecule is CCCN1C(=O)[C@H]2[C@H](CC=C3[C@H]2C[C@H]2C(=O)N(c4ccccc4)C(=O)[C@@]2(C)[C@H]3c2cc(OC)ccc2O)C1=O. The molecule has 39 heavy (non-hydrogen) atoms. The molecule has 2 aliphatic carbocycles. The third kappa shape index (κ3) is 3.43. The third-order valence-corrected chi connectivity index (χ3v) is 9.37. The van der Waals surface area contributed by atoms with E-state index < -0.39 is 35.0 Å². The van der Waals surface area contributed by atoms with Crippen LogP contribution in [-0.4, -0.2) is 47.3 Å². The zero-order valence-electron chi connectivity index (χ0n) is 22.3. The van der Waals surface area contributed by atoms with Crippen LogP contribution in [0, 0.1) is 29.1 Å². The number of carbonyl (C=O) groups excluding carboxylic acids is 4. The number of imide groups is 2. The number of allylic oxidation sites excluding steroid dienone is 2. The highest BCUT2D eigenvalue weighted by atomic mass is 16.5. The fourth-order valence-electron chi connectivity index (χ4n) is 7.58. The lowest BCUT2D eigenvalue weighted by Gasteiger charge is -2.49. The summed E-state index contributed by atoms with van der Waals surface area (Å²) in [6.45, 7) is 4.10. The molecule has 2 heterocycles. The van der Waals surface area contributed by atoms with Crippen LogP contribution < -0.4 is 9.64 Å². The Bertz CT molecular complexity index is 1420. The molecular formula is C31H32N2O6. The summed E-state index contributed by atoms with van der Waals surface area (Å²) >= 11 is 0. The molecule has 8 nitrogen and oxygen atoms in total. The van der Waals surface area contributed by atoms with E-state index in [0.717, 1.165) is 5.57 Å². The Kier molecular flexibility index (Phi) is 5.90. The Labute approximate surface area is 227 Å². The number of likely N-dealkylation sites (tertiary alicyclic amines) is 1. The second-order valence-corrected chi connectivity index (χ2v) is 11.2. The summed E-state index contributed by atoms with van der Waals surface area (Å²) in [5.41, 5.74) is 0.608. The molecule has 8 heteroatoms. The fourth-order valence-corrected chi connectivity index (χ4v) is 7.58. The first kappa shape index (κ1) is 25.3. The van der Waals surface area contributed by atoms with Gasteiger partial charge in [-0.2, -0.15) is 0 Å². The van der Waals surface area contributed by atoms with Crippen LogP contribution in [0.1, 0.15) is 44.6 Å². The molecule has 2 aliphatic heterocycles. The Morgan fingerprint density at radius 2 is 1.74 bits per heavy atom. The van der Waals surface area contributed by atoms with E-state index in [1.54, 1.807) is 43.3 Å². The molecule has 4 amide bonds. The molecule has 1 saturated carbocycles. The number of phenolic OH excluding ortho intramolecular Hbond substituents is 1. The zero-order valence-corrected chi connectivity index (χ0v) is 22.3. The lowest BCUT2D eigenvalue weighted by Crippen LogP contribution is -2.48. The maximum absolute atomic E-state index is 14.3. The topological polar surface area (TPSA) is 104 Å². The molecule has 0 unspecified atom stereocenters. The van der Waals surface area contributed by atoms with Crippen LogP contribution in [-0.2, 0) is 19.2 Å². The van der Waals surface area contributed by atoms with Gasteiger partial charge in [0.05, 0.1) is 36.0 Å². The number of carbonyl (C=O) groups is 4. The second-order valence-electron chi connectivity index (χ2n) is 11.2. The quantitative estimate of drug-likeness (QED) is 0.464. The van der Waals surface area contributed by atoms with Gasteiger partial charge in [-0.25, -0.2) is 4.90 Å². The first-order valence-electron chi connectivity index (χ1n) is 13.6. The summed E-state index contributed by atoms with van der Waals surface area (Å²) in [7, 11) is 1.53. The molecule has 6 atom stereocenters. The van der Waals surface area contributed by atoms with Crippen LogP contribution in [0.3, 0.4) is 0 Å². The number of hydrogen-bond acceptors (Lipinski definition) is 6. The molecule has 6 rings (SSSR count). The molecule has 3 fully saturated rings. The molecular weight excluding hydrogens is 496 g/mol. The van der Waals surface area contributed by atoms with E-state index in [2.05, 4.69) is 0 Å². The summed E-state index contributed by atoms with van der Waals surface area (Å²) < 4.78 is 5.46. The normalized spacial score (nSPS) is 31.7. The van der Waals surface area contributed by atoms with Crippen molar-refractivity contribution in [2.24, 2.45) is 29.1 Å². The van der Waals surface area contributed by atoms with E-state index in [-0.39, 0.29) is 35.8 Å². The Balaban J connectivity index is 1.54. The van der Waals surface area contributed by atoms with Crippen molar-refractivity contribution < 1.29 is 29.0 Å². The monoisotopic (exact) mass is 528 g/mol. The summed E-state index contributed by atoms with van der Waals surface area (Å²) in [6.07, 6.45) is 3.33. The predicted molar refractivity (Wildman–Crippen MR) is 143 cm³/mol. The number of rotatable bonds is 5. The van der Waals surface area contributed by atoms with Crippen molar-refractivity contribution in [3.05, 3.63) is 65.7 Å². The van der Waals surface area contributed by atoms with Gasteiger partial charge in [0.15, 0.2) is 0 Å². The highest BCUT2D eigenvalue weighted by molar-refractivity contribution is 6.24. The van der Waals surface area contributed by atoms with Crippen molar-refractivity contribution in [3.8, 4) is 11.5 Å². The Hall–Kier alpha value is -3.94. The highest BCUT2D eigenvalue weighted by Crippen LogP contribution is 2.64. The van der Waals surface area contributed by atoms with Gasteiger partial charge in [-0.15, -0.1) is 0 Å². The molecule has 0 radical (unpaired) electrons. The van der Waals surface area contributed by atoms with E-state index in [4.69, 9.17) is 4.74 Å². The number of nitrogens with zero attached hydrogens (tertiary/aromatic N) is 2. The number of phenols is 1. The number of fused-ring (bicyclic) bond motifs is 4. The number of benzene rings is 2. The van der Waals surface area contributed by atoms with Crippen molar-refractivity contribution >= 4 is 29.3 Å². The summed E-state index contributed by atoms with van der Waals surface area (Å²) in [4.78, 5) is 57.9. The number of para-hydroxylation sites is 1. The van der Waals surface area contributed by atoms with Gasteiger partial charge in [0, 0.05) is 18.0 Å². The van der Waals surface area contributed by atoms with Crippen LogP contribution in [0.25, 0.3) is 0 Å². The van der Waals surface area contributed by atoms with E-state index >= 15 is 0 Å². The van der Waals surface area contributed by atoms with Crippen molar-refractivity contribution in [1.29, 1.82) is 0 Å². The Morgan fingerprint density at radius 3 is 2.44 bits per heavy atom. The van der Waals surface area contributed by atoms with Crippen molar-refractivity contribution in [1.82, 2.24) is 4.90 Å². The molecule has 4 aliphatic rings. The lowest BCUT2D eigenvalue weighted by molar-refractivity contribution is -0.140. The standard InChI is InChI=1S/C31H32N2O6/c1-4-14-32-27(35)20-12-11-19-21(25(20)29(32)37)16-23-28(36)33(17-8-6-5-7-9-17)30(38)31(23,2)26(19)22-15-18(39-3)10-13-24(22)34/h5-11,13,15,20-21,23,25-26,34H,4,12,14,16H2,1-3H3/t20-,21+,23-,25-,26+,31+/m0/s1. The molecule has 2 aromatic carbocycles. The van der Waals surface area contributed by atoms with E-state index in [1.165, 1.54) is 23.0 Å². The van der Waals surface area contributed by atoms with Crippen LogP contribution >= 0.6 is 0 Å². The molecule has 0 aromatic heterocycles. The first-order valence-corrected chi connectivity index (χ1v) is 13.6. The summed E-state index contributed by atoms with van der Waals surface area (Å²) in [5.74, 6) is -3.37. The highest BCUT2D eigenvalue weighted by Gasteiger charge is 2.67. The van der Waals surface area contributed by atoms with Gasteiger partial charge in [-0.05, 0) is 62.4 Å². The van der Waals surface area contributed by atoms with Crippen LogP contribution in [0.15, 0.2) is 60.2 Å². The third-order valence-electron chi connectivity index (χ3n) is 9.37. The number of hydrogen-bond donors (Lipinski definition) is 1. The molecule has 0 bridgehead atoms. The minimum absolute atomic E-state index is 0.00991. The smallest absolute Gasteiger partial charge is 0.241 e. The van der Waals surface area contributed by atoms with Crippen molar-refractivity contribution in [2.75, 3.05) is 18.6 Å².